The molecule has 90 valence electrons. The molecule has 1 aliphatic heterocycles. The summed E-state index contributed by atoms with van der Waals surface area (Å²) in [5.74, 6) is 0.352. The summed E-state index contributed by atoms with van der Waals surface area (Å²) in [7, 11) is 0. The van der Waals surface area contributed by atoms with E-state index < -0.39 is 0 Å². The lowest BCUT2D eigenvalue weighted by Gasteiger charge is -2.27. The van der Waals surface area contributed by atoms with Gasteiger partial charge in [0, 0.05) is 25.6 Å². The van der Waals surface area contributed by atoms with E-state index in [2.05, 4.69) is 5.32 Å². The van der Waals surface area contributed by atoms with Gasteiger partial charge in [-0.15, -0.1) is 0 Å². The van der Waals surface area contributed by atoms with Crippen molar-refractivity contribution in [2.75, 3.05) is 26.2 Å². The van der Waals surface area contributed by atoms with Crippen molar-refractivity contribution in [3.63, 3.8) is 0 Å². The molecule has 5 nitrogen and oxygen atoms in total. The summed E-state index contributed by atoms with van der Waals surface area (Å²) in [4.78, 5) is 24.4. The van der Waals surface area contributed by atoms with Crippen molar-refractivity contribution in [1.82, 2.24) is 10.2 Å². The van der Waals surface area contributed by atoms with Crippen LogP contribution in [0.4, 0.5) is 4.79 Å². The maximum absolute atomic E-state index is 11.5. The normalized spacial score (nSPS) is 21.2. The summed E-state index contributed by atoms with van der Waals surface area (Å²) in [5, 5.41) is 2.86. The molecule has 1 N–H and O–H groups in total. The van der Waals surface area contributed by atoms with Crippen molar-refractivity contribution >= 4 is 12.0 Å². The van der Waals surface area contributed by atoms with Gasteiger partial charge in [-0.25, -0.2) is 4.79 Å². The van der Waals surface area contributed by atoms with Crippen LogP contribution in [0.25, 0.3) is 0 Å². The summed E-state index contributed by atoms with van der Waals surface area (Å²) < 4.78 is 4.90. The van der Waals surface area contributed by atoms with E-state index >= 15 is 0 Å². The van der Waals surface area contributed by atoms with Crippen LogP contribution in [0.3, 0.4) is 0 Å². The number of carbonyl (C=O) groups excluding carboxylic acids is 2. The molecule has 0 aromatic carbocycles. The molecule has 2 fully saturated rings. The molecule has 5 heteroatoms. The minimum absolute atomic E-state index is 0.136. The zero-order valence-corrected chi connectivity index (χ0v) is 9.41. The van der Waals surface area contributed by atoms with Gasteiger partial charge >= 0.3 is 6.09 Å². The maximum atomic E-state index is 11.5. The van der Waals surface area contributed by atoms with Gasteiger partial charge < -0.3 is 15.0 Å². The van der Waals surface area contributed by atoms with Crippen LogP contribution in [0.15, 0.2) is 0 Å². The predicted molar refractivity (Wildman–Crippen MR) is 57.9 cm³/mol. The van der Waals surface area contributed by atoms with E-state index in [9.17, 15) is 9.59 Å². The lowest BCUT2D eigenvalue weighted by Crippen LogP contribution is -2.44. The molecule has 0 atom stereocenters. The van der Waals surface area contributed by atoms with Crippen LogP contribution in [0.5, 0.6) is 0 Å². The molecule has 2 rings (SSSR count). The van der Waals surface area contributed by atoms with E-state index in [1.54, 1.807) is 4.90 Å². The number of cyclic esters (lactones) is 1. The summed E-state index contributed by atoms with van der Waals surface area (Å²) in [6.45, 7) is 2.34. The van der Waals surface area contributed by atoms with E-state index in [0.29, 0.717) is 19.7 Å². The van der Waals surface area contributed by atoms with Gasteiger partial charge in [0.15, 0.2) is 0 Å². The van der Waals surface area contributed by atoms with Gasteiger partial charge in [-0.1, -0.05) is 6.42 Å². The predicted octanol–water partition coefficient (Wildman–Crippen LogP) is 0.745. The van der Waals surface area contributed by atoms with E-state index in [1.807, 2.05) is 0 Å². The van der Waals surface area contributed by atoms with Gasteiger partial charge in [0.2, 0.25) is 5.91 Å². The van der Waals surface area contributed by atoms with Gasteiger partial charge in [0.05, 0.1) is 6.61 Å². The van der Waals surface area contributed by atoms with Gasteiger partial charge in [-0.05, 0) is 19.3 Å². The highest BCUT2D eigenvalue weighted by molar-refractivity contribution is 5.79. The van der Waals surface area contributed by atoms with E-state index in [4.69, 9.17) is 4.74 Å². The van der Waals surface area contributed by atoms with Crippen LogP contribution in [-0.4, -0.2) is 43.1 Å². The second kappa shape index (κ2) is 5.18. The first kappa shape index (κ1) is 11.2. The third-order valence-corrected chi connectivity index (χ3v) is 3.21. The van der Waals surface area contributed by atoms with Crippen molar-refractivity contribution in [1.29, 1.82) is 0 Å². The van der Waals surface area contributed by atoms with Gasteiger partial charge in [0.25, 0.3) is 0 Å². The largest absolute Gasteiger partial charge is 0.449 e. The van der Waals surface area contributed by atoms with Crippen LogP contribution in [0.1, 0.15) is 25.7 Å². The number of nitrogens with zero attached hydrogens (tertiary/aromatic N) is 1. The monoisotopic (exact) mass is 226 g/mol. The standard InChI is InChI=1S/C11H18N2O3/c14-10(9-3-1-4-9)12-5-7-13-6-2-8-16-11(13)15/h9H,1-8H2,(H,12,14). The Morgan fingerprint density at radius 1 is 1.44 bits per heavy atom. The van der Waals surface area contributed by atoms with Crippen LogP contribution in [0.2, 0.25) is 0 Å². The number of nitrogens with one attached hydrogen (secondary N) is 1. The second-order valence-corrected chi connectivity index (χ2v) is 4.37. The van der Waals surface area contributed by atoms with Crippen molar-refractivity contribution in [3.8, 4) is 0 Å². The van der Waals surface area contributed by atoms with Crippen molar-refractivity contribution in [2.45, 2.75) is 25.7 Å². The smallest absolute Gasteiger partial charge is 0.409 e. The molecule has 1 saturated carbocycles. The number of ether oxygens (including phenoxy) is 1. The van der Waals surface area contributed by atoms with Crippen LogP contribution in [0, 0.1) is 5.92 Å². The third-order valence-electron chi connectivity index (χ3n) is 3.21. The minimum atomic E-state index is -0.260. The molecular weight excluding hydrogens is 208 g/mol. The van der Waals surface area contributed by atoms with E-state index in [-0.39, 0.29) is 17.9 Å². The fourth-order valence-electron chi connectivity index (χ4n) is 1.93. The minimum Gasteiger partial charge on any atom is -0.449 e. The highest BCUT2D eigenvalue weighted by atomic mass is 16.6. The molecule has 0 radical (unpaired) electrons. The Hall–Kier alpha value is -1.26. The summed E-state index contributed by atoms with van der Waals surface area (Å²) >= 11 is 0. The zero-order valence-electron chi connectivity index (χ0n) is 9.41. The van der Waals surface area contributed by atoms with Gasteiger partial charge in [-0.3, -0.25) is 4.79 Å². The molecule has 1 saturated heterocycles. The van der Waals surface area contributed by atoms with Crippen LogP contribution < -0.4 is 5.32 Å². The van der Waals surface area contributed by atoms with E-state index in [1.165, 1.54) is 0 Å². The summed E-state index contributed by atoms with van der Waals surface area (Å²) in [6, 6.07) is 0. The highest BCUT2D eigenvalue weighted by Gasteiger charge is 2.25. The number of hydrogen-bond acceptors (Lipinski definition) is 3. The third kappa shape index (κ3) is 2.65. The molecule has 1 heterocycles. The SMILES string of the molecule is O=C(NCCN1CCCOC1=O)C1CCC1. The lowest BCUT2D eigenvalue weighted by atomic mass is 9.85. The molecule has 16 heavy (non-hydrogen) atoms. The zero-order chi connectivity index (χ0) is 11.4. The Morgan fingerprint density at radius 2 is 2.25 bits per heavy atom. The average molecular weight is 226 g/mol. The van der Waals surface area contributed by atoms with Crippen molar-refractivity contribution < 1.29 is 14.3 Å². The number of carbonyl (C=O) groups is 2. The van der Waals surface area contributed by atoms with Crippen molar-refractivity contribution in [3.05, 3.63) is 0 Å². The Morgan fingerprint density at radius 3 is 2.88 bits per heavy atom. The molecule has 1 aliphatic carbocycles. The first-order valence-electron chi connectivity index (χ1n) is 5.97. The average Bonchev–Trinajstić information content (AvgIpc) is 2.18. The molecule has 2 aliphatic rings. The molecule has 0 bridgehead atoms. The van der Waals surface area contributed by atoms with Crippen LogP contribution >= 0.6 is 0 Å². The quantitative estimate of drug-likeness (QED) is 0.769. The fraction of sp³-hybridized carbons (Fsp3) is 0.818. The van der Waals surface area contributed by atoms with Crippen molar-refractivity contribution in [2.24, 2.45) is 5.92 Å². The lowest BCUT2D eigenvalue weighted by molar-refractivity contribution is -0.127. The highest BCUT2D eigenvalue weighted by Crippen LogP contribution is 2.25. The topological polar surface area (TPSA) is 58.6 Å². The Balaban J connectivity index is 1.63. The number of hydrogen-bond donors (Lipinski definition) is 1. The first-order chi connectivity index (χ1) is 7.77. The molecule has 2 amide bonds. The van der Waals surface area contributed by atoms with Crippen LogP contribution in [-0.2, 0) is 9.53 Å². The second-order valence-electron chi connectivity index (χ2n) is 4.37. The molecule has 0 spiro atoms. The summed E-state index contributed by atoms with van der Waals surface area (Å²) in [5.41, 5.74) is 0. The maximum Gasteiger partial charge on any atom is 0.409 e. The van der Waals surface area contributed by atoms with Gasteiger partial charge in [-0.2, -0.15) is 0 Å². The van der Waals surface area contributed by atoms with E-state index in [0.717, 1.165) is 32.2 Å². The Bertz CT molecular complexity index is 276. The fourth-order valence-corrected chi connectivity index (χ4v) is 1.93. The number of rotatable bonds is 4. The molecule has 0 aromatic rings. The summed E-state index contributed by atoms with van der Waals surface area (Å²) in [6.07, 6.45) is 3.80. The Labute approximate surface area is 95.1 Å². The number of amides is 2. The van der Waals surface area contributed by atoms with Gasteiger partial charge in [0.1, 0.15) is 0 Å². The molecular formula is C11H18N2O3. The molecule has 0 unspecified atom stereocenters. The first-order valence-corrected chi connectivity index (χ1v) is 5.97. The molecule has 0 aromatic heterocycles. The Kier molecular flexibility index (Phi) is 3.64.